The van der Waals surface area contributed by atoms with Crippen molar-refractivity contribution in [2.24, 2.45) is 5.92 Å². The van der Waals surface area contributed by atoms with Gasteiger partial charge in [0.1, 0.15) is 5.82 Å². The van der Waals surface area contributed by atoms with E-state index in [4.69, 9.17) is 14.9 Å². The van der Waals surface area contributed by atoms with Crippen molar-refractivity contribution < 1.29 is 32.7 Å². The molecule has 0 fully saturated rings. The molecule has 3 N–H and O–H groups in total. The number of pyridine rings is 1. The highest BCUT2D eigenvalue weighted by atomic mass is 19.4. The Morgan fingerprint density at radius 1 is 1.22 bits per heavy atom. The number of halogens is 3. The third-order valence-corrected chi connectivity index (χ3v) is 4.52. The Kier molecular flexibility index (Phi) is 9.73. The Morgan fingerprint density at radius 2 is 1.78 bits per heavy atom. The van der Waals surface area contributed by atoms with Gasteiger partial charge in [0.15, 0.2) is 0 Å². The van der Waals surface area contributed by atoms with Crippen LogP contribution in [-0.2, 0) is 17.6 Å². The van der Waals surface area contributed by atoms with Crippen molar-refractivity contribution >= 4 is 23.7 Å². The van der Waals surface area contributed by atoms with E-state index >= 15 is 0 Å². The molecule has 0 saturated carbocycles. The van der Waals surface area contributed by atoms with Gasteiger partial charge in [-0.25, -0.2) is 14.6 Å². The van der Waals surface area contributed by atoms with Crippen LogP contribution in [-0.4, -0.2) is 84.8 Å². The van der Waals surface area contributed by atoms with Crippen molar-refractivity contribution in [1.29, 1.82) is 0 Å². The largest absolute Gasteiger partial charge is 0.490 e. The number of fused-ring (bicyclic) bond motifs is 1. The van der Waals surface area contributed by atoms with Crippen LogP contribution >= 0.6 is 0 Å². The second-order valence-electron chi connectivity index (χ2n) is 7.81. The molecular formula is C20H30F3N5O4. The molecule has 180 valence electrons. The Labute approximate surface area is 185 Å². The molecule has 1 aromatic heterocycles. The lowest BCUT2D eigenvalue weighted by Crippen LogP contribution is -2.39. The van der Waals surface area contributed by atoms with E-state index in [0.29, 0.717) is 43.2 Å². The van der Waals surface area contributed by atoms with Gasteiger partial charge >= 0.3 is 18.2 Å². The summed E-state index contributed by atoms with van der Waals surface area (Å²) in [4.78, 5) is 41.5. The molecule has 12 heteroatoms. The maximum Gasteiger partial charge on any atom is 0.490 e. The summed E-state index contributed by atoms with van der Waals surface area (Å²) in [5.41, 5.74) is 2.61. The molecule has 32 heavy (non-hydrogen) atoms. The highest BCUT2D eigenvalue weighted by Gasteiger charge is 2.38. The monoisotopic (exact) mass is 461 g/mol. The third kappa shape index (κ3) is 7.89. The lowest BCUT2D eigenvalue weighted by Gasteiger charge is -2.18. The first-order valence-electron chi connectivity index (χ1n) is 10.0. The minimum atomic E-state index is -5.08. The van der Waals surface area contributed by atoms with E-state index in [0.717, 1.165) is 17.8 Å². The fourth-order valence-electron chi connectivity index (χ4n) is 2.83. The van der Waals surface area contributed by atoms with Gasteiger partial charge in [-0.1, -0.05) is 13.8 Å². The summed E-state index contributed by atoms with van der Waals surface area (Å²) in [5, 5.41) is 13.1. The number of aliphatic carboxylic acids is 1. The number of alkyl halides is 3. The molecule has 3 amide bonds. The minimum absolute atomic E-state index is 0.0611. The van der Waals surface area contributed by atoms with Crippen LogP contribution in [0.3, 0.4) is 0 Å². The molecule has 2 heterocycles. The Bertz CT molecular complexity index is 828. The third-order valence-electron chi connectivity index (χ3n) is 4.52. The normalized spacial score (nSPS) is 13.3. The lowest BCUT2D eigenvalue weighted by atomic mass is 10.0. The highest BCUT2D eigenvalue weighted by molar-refractivity contribution is 5.98. The van der Waals surface area contributed by atoms with E-state index < -0.39 is 12.1 Å². The van der Waals surface area contributed by atoms with E-state index in [2.05, 4.69) is 24.5 Å². The average molecular weight is 461 g/mol. The summed E-state index contributed by atoms with van der Waals surface area (Å²) < 4.78 is 31.7. The maximum absolute atomic E-state index is 12.6. The van der Waals surface area contributed by atoms with Gasteiger partial charge in [0.25, 0.3) is 5.91 Å². The standard InChI is InChI=1S/C18H29N5O2.C2HF3O2/c1-12(2)11-20-16-14(17(24)22(4)5)10-13-6-8-23(18(25)19-3)9-7-15(13)21-16;3-2(4,5)1(6)7/h10,12H,6-9,11H2,1-5H3,(H,19,25)(H,20,21);(H,6,7). The molecule has 0 unspecified atom stereocenters. The number of nitrogens with one attached hydrogen (secondary N) is 2. The number of aromatic nitrogens is 1. The summed E-state index contributed by atoms with van der Waals surface area (Å²) >= 11 is 0. The van der Waals surface area contributed by atoms with E-state index in [1.807, 2.05) is 6.07 Å². The Balaban J connectivity index is 0.000000633. The summed E-state index contributed by atoms with van der Waals surface area (Å²) in [6.07, 6.45) is -3.69. The number of carboxylic acids is 1. The molecule has 0 aliphatic carbocycles. The zero-order valence-electron chi connectivity index (χ0n) is 18.8. The van der Waals surface area contributed by atoms with E-state index in [1.54, 1.807) is 30.9 Å². The quantitative estimate of drug-likeness (QED) is 0.634. The van der Waals surface area contributed by atoms with Crippen molar-refractivity contribution in [2.75, 3.05) is 46.1 Å². The summed E-state index contributed by atoms with van der Waals surface area (Å²) in [6, 6.07) is 1.87. The first-order chi connectivity index (χ1) is 14.8. The fourth-order valence-corrected chi connectivity index (χ4v) is 2.83. The van der Waals surface area contributed by atoms with Gasteiger partial charge in [-0.2, -0.15) is 13.2 Å². The van der Waals surface area contributed by atoms with Crippen molar-refractivity contribution in [3.63, 3.8) is 0 Å². The predicted molar refractivity (Wildman–Crippen MR) is 113 cm³/mol. The fraction of sp³-hybridized carbons (Fsp3) is 0.600. The maximum atomic E-state index is 12.6. The van der Waals surface area contributed by atoms with E-state index in [-0.39, 0.29) is 11.9 Å². The van der Waals surface area contributed by atoms with Gasteiger partial charge in [-0.05, 0) is 24.0 Å². The molecule has 0 aromatic carbocycles. The SMILES string of the molecule is CNC(=O)N1CCc2cc(C(=O)N(C)C)c(NCC(C)C)nc2CC1.O=C(O)C(F)(F)F. The zero-order chi connectivity index (χ0) is 24.6. The number of carbonyl (C=O) groups excluding carboxylic acids is 2. The topological polar surface area (TPSA) is 115 Å². The molecule has 1 aliphatic rings. The summed E-state index contributed by atoms with van der Waals surface area (Å²) in [7, 11) is 5.13. The lowest BCUT2D eigenvalue weighted by molar-refractivity contribution is -0.192. The van der Waals surface area contributed by atoms with Crippen molar-refractivity contribution in [2.45, 2.75) is 32.9 Å². The van der Waals surface area contributed by atoms with Crippen molar-refractivity contribution in [1.82, 2.24) is 20.1 Å². The van der Waals surface area contributed by atoms with Crippen LogP contribution < -0.4 is 10.6 Å². The van der Waals surface area contributed by atoms with Gasteiger partial charge < -0.3 is 25.5 Å². The molecule has 1 aliphatic heterocycles. The number of amides is 3. The van der Waals surface area contributed by atoms with Gasteiger partial charge in [0.2, 0.25) is 0 Å². The van der Waals surface area contributed by atoms with Gasteiger partial charge in [0.05, 0.1) is 5.56 Å². The number of rotatable bonds is 4. The van der Waals surface area contributed by atoms with Crippen LogP contribution in [0, 0.1) is 5.92 Å². The van der Waals surface area contributed by atoms with Crippen LogP contribution in [0.25, 0.3) is 0 Å². The van der Waals surface area contributed by atoms with Crippen molar-refractivity contribution in [3.05, 3.63) is 22.9 Å². The second-order valence-corrected chi connectivity index (χ2v) is 7.81. The molecule has 0 bridgehead atoms. The van der Waals surface area contributed by atoms with Gasteiger partial charge in [0, 0.05) is 52.9 Å². The molecule has 1 aromatic rings. The summed E-state index contributed by atoms with van der Waals surface area (Å²) in [5.74, 6) is -1.73. The zero-order valence-corrected chi connectivity index (χ0v) is 18.8. The van der Waals surface area contributed by atoms with E-state index in [9.17, 15) is 22.8 Å². The first-order valence-corrected chi connectivity index (χ1v) is 10.0. The molecule has 0 spiro atoms. The predicted octanol–water partition coefficient (Wildman–Crippen LogP) is 2.22. The number of nitrogens with zero attached hydrogens (tertiary/aromatic N) is 3. The van der Waals surface area contributed by atoms with E-state index in [1.165, 1.54) is 0 Å². The molecule has 0 atom stereocenters. The van der Waals surface area contributed by atoms with Crippen LogP contribution in [0.4, 0.5) is 23.8 Å². The Hall–Kier alpha value is -3.05. The second kappa shape index (κ2) is 11.5. The molecule has 2 rings (SSSR count). The molecule has 0 radical (unpaired) electrons. The molecule has 9 nitrogen and oxygen atoms in total. The molecular weight excluding hydrogens is 431 g/mol. The van der Waals surface area contributed by atoms with Gasteiger partial charge in [-0.3, -0.25) is 4.79 Å². The number of carbonyl (C=O) groups is 3. The minimum Gasteiger partial charge on any atom is -0.475 e. The van der Waals surface area contributed by atoms with Crippen molar-refractivity contribution in [3.8, 4) is 0 Å². The number of urea groups is 1. The van der Waals surface area contributed by atoms with Gasteiger partial charge in [-0.15, -0.1) is 0 Å². The smallest absolute Gasteiger partial charge is 0.475 e. The molecule has 0 saturated heterocycles. The van der Waals surface area contributed by atoms with Crippen LogP contribution in [0.15, 0.2) is 6.07 Å². The number of carboxylic acid groups (broad SMARTS) is 1. The van der Waals surface area contributed by atoms with Crippen LogP contribution in [0.5, 0.6) is 0 Å². The highest BCUT2D eigenvalue weighted by Crippen LogP contribution is 2.23. The first kappa shape index (κ1) is 27.0. The van der Waals surface area contributed by atoms with Crippen LogP contribution in [0.2, 0.25) is 0 Å². The van der Waals surface area contributed by atoms with Crippen LogP contribution in [0.1, 0.15) is 35.5 Å². The number of hydrogen-bond donors (Lipinski definition) is 3. The summed E-state index contributed by atoms with van der Waals surface area (Å²) in [6.45, 7) is 6.24. The average Bonchev–Trinajstić information content (AvgIpc) is 2.92. The number of anilines is 1. The Morgan fingerprint density at radius 3 is 2.25 bits per heavy atom. The number of hydrogen-bond acceptors (Lipinski definition) is 5.